The molecular formula is C24H37F3Si. The van der Waals surface area contributed by atoms with Gasteiger partial charge in [0.15, 0.2) is 11.6 Å². The first-order valence-corrected chi connectivity index (χ1v) is 14.1. The number of benzene rings is 1. The lowest BCUT2D eigenvalue weighted by molar-refractivity contribution is 0.296. The summed E-state index contributed by atoms with van der Waals surface area (Å²) < 4.78 is 38.9. The third kappa shape index (κ3) is 6.64. The van der Waals surface area contributed by atoms with Crippen LogP contribution in [0.3, 0.4) is 0 Å². The molecule has 3 rings (SSSR count). The molecule has 1 aliphatic carbocycles. The van der Waals surface area contributed by atoms with Crippen molar-refractivity contribution in [1.29, 1.82) is 0 Å². The van der Waals surface area contributed by atoms with Crippen LogP contribution in [0.2, 0.25) is 18.1 Å². The minimum absolute atomic E-state index is 0.115. The van der Waals surface area contributed by atoms with E-state index in [1.165, 1.54) is 81.6 Å². The fourth-order valence-electron chi connectivity index (χ4n) is 5.59. The molecule has 0 nitrogen and oxygen atoms in total. The lowest BCUT2D eigenvalue weighted by Gasteiger charge is -2.29. The maximum Gasteiger partial charge on any atom is 0.159 e. The molecule has 0 unspecified atom stereocenters. The normalized spacial score (nSPS) is 28.4. The van der Waals surface area contributed by atoms with Crippen molar-refractivity contribution in [1.82, 2.24) is 0 Å². The Bertz CT molecular complexity index is 575. The van der Waals surface area contributed by atoms with Gasteiger partial charge in [-0.25, -0.2) is 8.78 Å². The summed E-state index contributed by atoms with van der Waals surface area (Å²) in [6.07, 6.45) is 13.8. The van der Waals surface area contributed by atoms with Crippen molar-refractivity contribution in [3.8, 4) is 0 Å². The van der Waals surface area contributed by atoms with Crippen molar-refractivity contribution in [2.75, 3.05) is 6.67 Å². The van der Waals surface area contributed by atoms with E-state index in [9.17, 15) is 13.2 Å². The zero-order valence-electron chi connectivity index (χ0n) is 17.3. The van der Waals surface area contributed by atoms with Crippen LogP contribution in [0.15, 0.2) is 18.2 Å². The monoisotopic (exact) mass is 410 g/mol. The van der Waals surface area contributed by atoms with Gasteiger partial charge >= 0.3 is 0 Å². The number of alkyl halides is 1. The molecule has 0 radical (unpaired) electrons. The number of halogens is 3. The minimum Gasteiger partial charge on any atom is -0.251 e. The van der Waals surface area contributed by atoms with E-state index in [4.69, 9.17) is 0 Å². The molecule has 1 aromatic carbocycles. The first-order valence-electron chi connectivity index (χ1n) is 11.7. The second-order valence-corrected chi connectivity index (χ2v) is 12.9. The van der Waals surface area contributed by atoms with Crippen molar-refractivity contribution in [3.05, 3.63) is 35.4 Å². The Morgan fingerprint density at radius 3 is 2.04 bits per heavy atom. The van der Waals surface area contributed by atoms with E-state index in [2.05, 4.69) is 0 Å². The summed E-state index contributed by atoms with van der Waals surface area (Å²) >= 11 is 0. The molecule has 1 saturated heterocycles. The zero-order valence-corrected chi connectivity index (χ0v) is 18.4. The Balaban J connectivity index is 1.26. The van der Waals surface area contributed by atoms with Gasteiger partial charge in [-0.3, -0.25) is 4.39 Å². The van der Waals surface area contributed by atoms with Gasteiger partial charge in [-0.05, 0) is 67.6 Å². The molecule has 0 aromatic heterocycles. The molecule has 0 amide bonds. The van der Waals surface area contributed by atoms with Crippen LogP contribution in [-0.4, -0.2) is 15.5 Å². The van der Waals surface area contributed by atoms with E-state index >= 15 is 0 Å². The summed E-state index contributed by atoms with van der Waals surface area (Å²) in [4.78, 5) is 0. The molecule has 1 aromatic rings. The Morgan fingerprint density at radius 1 is 0.786 bits per heavy atom. The van der Waals surface area contributed by atoms with Gasteiger partial charge in [-0.2, -0.15) is 0 Å². The summed E-state index contributed by atoms with van der Waals surface area (Å²) in [6, 6.07) is 8.58. The second kappa shape index (κ2) is 11.4. The van der Waals surface area contributed by atoms with E-state index in [0.29, 0.717) is 5.92 Å². The maximum atomic E-state index is 13.5. The summed E-state index contributed by atoms with van der Waals surface area (Å²) in [5, 5.41) is 0. The predicted molar refractivity (Wildman–Crippen MR) is 114 cm³/mol. The number of rotatable bonds is 9. The van der Waals surface area contributed by atoms with Gasteiger partial charge in [0.05, 0.1) is 6.67 Å². The standard InChI is InChI=1S/C24H37F3Si/c25-14-3-15-28-16-12-20(13-17-28)5-2-1-4-19-6-8-21(9-7-19)22-10-11-23(26)24(27)18-22/h10-11,18-21,28H,1-9,12-17H2/t19-,20-,21-,28-. The summed E-state index contributed by atoms with van der Waals surface area (Å²) in [7, 11) is -0.569. The van der Waals surface area contributed by atoms with Crippen LogP contribution in [0.1, 0.15) is 82.1 Å². The van der Waals surface area contributed by atoms with Crippen molar-refractivity contribution in [2.45, 2.75) is 94.7 Å². The molecule has 0 spiro atoms. The number of hydrogen-bond donors (Lipinski definition) is 0. The fourth-order valence-corrected chi connectivity index (χ4v) is 9.07. The zero-order chi connectivity index (χ0) is 19.8. The largest absolute Gasteiger partial charge is 0.251 e. The molecule has 0 bridgehead atoms. The van der Waals surface area contributed by atoms with E-state index in [1.54, 1.807) is 6.07 Å². The number of unbranched alkanes of at least 4 members (excludes halogenated alkanes) is 1. The summed E-state index contributed by atoms with van der Waals surface area (Å²) in [5.74, 6) is 0.721. The van der Waals surface area contributed by atoms with Gasteiger partial charge in [-0.15, -0.1) is 0 Å². The highest BCUT2D eigenvalue weighted by Gasteiger charge is 2.24. The average Bonchev–Trinajstić information content (AvgIpc) is 2.73. The molecule has 4 heteroatoms. The van der Waals surface area contributed by atoms with Gasteiger partial charge in [0.2, 0.25) is 0 Å². The lowest BCUT2D eigenvalue weighted by atomic mass is 9.77. The van der Waals surface area contributed by atoms with E-state index < -0.39 is 20.4 Å². The first-order chi connectivity index (χ1) is 13.7. The highest BCUT2D eigenvalue weighted by atomic mass is 28.3. The van der Waals surface area contributed by atoms with Crippen molar-refractivity contribution < 1.29 is 13.2 Å². The molecule has 2 aliphatic rings. The van der Waals surface area contributed by atoms with Crippen molar-refractivity contribution in [2.24, 2.45) is 11.8 Å². The van der Waals surface area contributed by atoms with Crippen LogP contribution in [0, 0.1) is 23.5 Å². The van der Waals surface area contributed by atoms with Crippen LogP contribution < -0.4 is 0 Å². The Kier molecular flexibility index (Phi) is 8.94. The molecule has 1 heterocycles. The Hall–Kier alpha value is -0.773. The topological polar surface area (TPSA) is 0 Å². The molecule has 2 fully saturated rings. The van der Waals surface area contributed by atoms with Gasteiger partial charge in [0.25, 0.3) is 0 Å². The minimum atomic E-state index is -0.743. The van der Waals surface area contributed by atoms with Crippen LogP contribution in [0.5, 0.6) is 0 Å². The van der Waals surface area contributed by atoms with Gasteiger partial charge in [0.1, 0.15) is 0 Å². The van der Waals surface area contributed by atoms with Gasteiger partial charge in [-0.1, -0.05) is 62.7 Å². The number of hydrogen-bond acceptors (Lipinski definition) is 0. The second-order valence-electron chi connectivity index (χ2n) is 9.39. The highest BCUT2D eigenvalue weighted by molar-refractivity contribution is 6.58. The molecule has 28 heavy (non-hydrogen) atoms. The van der Waals surface area contributed by atoms with Crippen LogP contribution in [-0.2, 0) is 0 Å². The van der Waals surface area contributed by atoms with Crippen LogP contribution >= 0.6 is 0 Å². The Labute approximate surface area is 170 Å². The van der Waals surface area contributed by atoms with Gasteiger partial charge < -0.3 is 0 Å². The molecule has 1 saturated carbocycles. The summed E-state index contributed by atoms with van der Waals surface area (Å²) in [6.45, 7) is -0.115. The van der Waals surface area contributed by atoms with E-state index in [-0.39, 0.29) is 6.67 Å². The van der Waals surface area contributed by atoms with Crippen molar-refractivity contribution >= 4 is 8.80 Å². The summed E-state index contributed by atoms with van der Waals surface area (Å²) in [5.41, 5.74) is 0.975. The quantitative estimate of drug-likeness (QED) is 0.288. The molecule has 0 atom stereocenters. The molecule has 0 N–H and O–H groups in total. The Morgan fingerprint density at radius 2 is 1.43 bits per heavy atom. The van der Waals surface area contributed by atoms with Gasteiger partial charge in [0, 0.05) is 8.80 Å². The highest BCUT2D eigenvalue weighted by Crippen LogP contribution is 2.38. The smallest absolute Gasteiger partial charge is 0.159 e. The van der Waals surface area contributed by atoms with Crippen molar-refractivity contribution in [3.63, 3.8) is 0 Å². The van der Waals surface area contributed by atoms with Crippen LogP contribution in [0.25, 0.3) is 0 Å². The molecule has 158 valence electrons. The van der Waals surface area contributed by atoms with Crippen LogP contribution in [0.4, 0.5) is 13.2 Å². The third-order valence-electron chi connectivity index (χ3n) is 7.45. The average molecular weight is 411 g/mol. The molecule has 1 aliphatic heterocycles. The maximum absolute atomic E-state index is 13.5. The molecular weight excluding hydrogens is 373 g/mol. The van der Waals surface area contributed by atoms with E-state index in [1.807, 2.05) is 0 Å². The predicted octanol–water partition coefficient (Wildman–Crippen LogP) is 7.80. The third-order valence-corrected chi connectivity index (χ3v) is 11.0. The first kappa shape index (κ1) is 21.9. The lowest BCUT2D eigenvalue weighted by Crippen LogP contribution is -2.21. The fraction of sp³-hybridized carbons (Fsp3) is 0.750. The van der Waals surface area contributed by atoms with E-state index in [0.717, 1.165) is 36.7 Å². The SMILES string of the molecule is FCCC[Si@H]1CC[C@H](CCCC[C@H]2CC[C@H](c3ccc(F)c(F)c3)CC2)CC1.